The van der Waals surface area contributed by atoms with Gasteiger partial charge < -0.3 is 20.4 Å². The number of hydrogen-bond acceptors (Lipinski definition) is 3. The monoisotopic (exact) mass is 385 g/mol. The normalized spacial score (nSPS) is 11.9. The summed E-state index contributed by atoms with van der Waals surface area (Å²) in [5.41, 5.74) is 2.83. The Bertz CT molecular complexity index is 1010. The van der Waals surface area contributed by atoms with Crippen LogP contribution in [0.25, 0.3) is 10.9 Å². The van der Waals surface area contributed by atoms with Gasteiger partial charge in [0.2, 0.25) is 5.91 Å². The Labute approximate surface area is 161 Å². The Balaban J connectivity index is 1.83. The average molecular weight is 386 g/mol. The van der Waals surface area contributed by atoms with E-state index in [0.717, 1.165) is 16.5 Å². The fraction of sp³-hybridized carbons (Fsp3) is 0.200. The zero-order valence-corrected chi connectivity index (χ0v) is 16.0. The molecule has 6 nitrogen and oxygen atoms in total. The summed E-state index contributed by atoms with van der Waals surface area (Å²) in [7, 11) is 1.53. The van der Waals surface area contributed by atoms with E-state index in [0.29, 0.717) is 22.0 Å². The zero-order valence-electron chi connectivity index (χ0n) is 15.2. The minimum Gasteiger partial charge on any atom is -0.495 e. The van der Waals surface area contributed by atoms with Crippen LogP contribution >= 0.6 is 11.6 Å². The molecule has 27 heavy (non-hydrogen) atoms. The van der Waals surface area contributed by atoms with E-state index in [9.17, 15) is 9.59 Å². The van der Waals surface area contributed by atoms with Crippen LogP contribution in [0.5, 0.6) is 5.75 Å². The zero-order chi connectivity index (χ0) is 19.6. The van der Waals surface area contributed by atoms with Crippen molar-refractivity contribution in [3.8, 4) is 5.75 Å². The van der Waals surface area contributed by atoms with Crippen LogP contribution in [0.3, 0.4) is 0 Å². The third kappa shape index (κ3) is 4.06. The van der Waals surface area contributed by atoms with Crippen molar-refractivity contribution in [2.24, 2.45) is 0 Å². The molecule has 3 aromatic rings. The van der Waals surface area contributed by atoms with E-state index in [4.69, 9.17) is 16.3 Å². The van der Waals surface area contributed by atoms with Crippen LogP contribution in [0, 0.1) is 0 Å². The maximum Gasteiger partial charge on any atom is 0.253 e. The molecule has 140 valence electrons. The Morgan fingerprint density at radius 1 is 1.22 bits per heavy atom. The molecule has 3 N–H and O–H groups in total. The van der Waals surface area contributed by atoms with Gasteiger partial charge in [0.1, 0.15) is 5.75 Å². The predicted molar refractivity (Wildman–Crippen MR) is 106 cm³/mol. The summed E-state index contributed by atoms with van der Waals surface area (Å²) in [4.78, 5) is 27.1. The molecule has 1 heterocycles. The Hall–Kier alpha value is -2.99. The van der Waals surface area contributed by atoms with Gasteiger partial charge in [0.25, 0.3) is 5.91 Å². The van der Waals surface area contributed by atoms with Crippen LogP contribution in [0.15, 0.2) is 42.6 Å². The van der Waals surface area contributed by atoms with E-state index in [1.807, 2.05) is 25.1 Å². The number of H-pyrrole nitrogens is 1. The number of carbonyl (C=O) groups is 2. The van der Waals surface area contributed by atoms with Crippen LogP contribution in [0.2, 0.25) is 5.02 Å². The number of hydrogen-bond donors (Lipinski definition) is 3. The summed E-state index contributed by atoms with van der Waals surface area (Å²) >= 11 is 6.13. The third-order valence-electron chi connectivity index (χ3n) is 4.25. The largest absolute Gasteiger partial charge is 0.495 e. The number of nitrogens with one attached hydrogen (secondary N) is 3. The fourth-order valence-corrected chi connectivity index (χ4v) is 3.16. The summed E-state index contributed by atoms with van der Waals surface area (Å²) in [6.07, 6.45) is 1.65. The Morgan fingerprint density at radius 2 is 2.00 bits per heavy atom. The lowest BCUT2D eigenvalue weighted by atomic mass is 10.1. The van der Waals surface area contributed by atoms with E-state index >= 15 is 0 Å². The minimum atomic E-state index is -0.245. The van der Waals surface area contributed by atoms with Gasteiger partial charge in [-0.05, 0) is 36.8 Å². The number of aromatic amines is 1. The molecule has 1 atom stereocenters. The SMILES string of the molecule is COc1cc2c(C(=O)NC(C)c3cccc(NC(C)=O)c3)c[nH]c2cc1Cl. The van der Waals surface area contributed by atoms with Crippen LogP contribution in [-0.2, 0) is 4.79 Å². The Kier molecular flexibility index (Phi) is 5.37. The van der Waals surface area contributed by atoms with Crippen molar-refractivity contribution in [1.29, 1.82) is 0 Å². The van der Waals surface area contributed by atoms with Gasteiger partial charge in [0.15, 0.2) is 0 Å². The summed E-state index contributed by atoms with van der Waals surface area (Å²) < 4.78 is 5.24. The second-order valence-corrected chi connectivity index (χ2v) is 6.64. The number of aromatic nitrogens is 1. The summed E-state index contributed by atoms with van der Waals surface area (Å²) in [5.74, 6) is 0.146. The Morgan fingerprint density at radius 3 is 2.70 bits per heavy atom. The van der Waals surface area contributed by atoms with Gasteiger partial charge in [-0.25, -0.2) is 0 Å². The van der Waals surface area contributed by atoms with Crippen molar-refractivity contribution in [2.45, 2.75) is 19.9 Å². The summed E-state index contributed by atoms with van der Waals surface area (Å²) in [6.45, 7) is 3.34. The number of carbonyl (C=O) groups excluding carboxylic acids is 2. The first-order chi connectivity index (χ1) is 12.9. The van der Waals surface area contributed by atoms with E-state index in [-0.39, 0.29) is 17.9 Å². The molecule has 0 radical (unpaired) electrons. The highest BCUT2D eigenvalue weighted by atomic mass is 35.5. The molecule has 0 aliphatic rings. The lowest BCUT2D eigenvalue weighted by Gasteiger charge is -2.15. The standard InChI is InChI=1S/C20H20ClN3O3/c1-11(13-5-4-6-14(7-13)24-12(2)25)23-20(26)16-10-22-18-9-17(21)19(27-3)8-15(16)18/h4-11,22H,1-3H3,(H,23,26)(H,24,25). The van der Waals surface area contributed by atoms with Crippen molar-refractivity contribution in [3.05, 3.63) is 58.7 Å². The summed E-state index contributed by atoms with van der Waals surface area (Å²) in [5, 5.41) is 6.92. The molecule has 2 amide bonds. The van der Waals surface area contributed by atoms with Gasteiger partial charge in [0, 0.05) is 29.7 Å². The molecule has 1 aromatic heterocycles. The number of methoxy groups -OCH3 is 1. The number of halogens is 1. The highest BCUT2D eigenvalue weighted by Gasteiger charge is 2.17. The third-order valence-corrected chi connectivity index (χ3v) is 4.55. The first kappa shape index (κ1) is 18.8. The van der Waals surface area contributed by atoms with Gasteiger partial charge in [0.05, 0.1) is 23.7 Å². The van der Waals surface area contributed by atoms with Crippen LogP contribution in [0.1, 0.15) is 35.8 Å². The first-order valence-electron chi connectivity index (χ1n) is 8.42. The van der Waals surface area contributed by atoms with Crippen molar-refractivity contribution in [3.63, 3.8) is 0 Å². The number of anilines is 1. The number of benzene rings is 2. The second-order valence-electron chi connectivity index (χ2n) is 6.24. The maximum atomic E-state index is 12.8. The molecule has 2 aromatic carbocycles. The van der Waals surface area contributed by atoms with Crippen molar-refractivity contribution in [1.82, 2.24) is 10.3 Å². The molecule has 0 saturated carbocycles. The van der Waals surface area contributed by atoms with Crippen molar-refractivity contribution < 1.29 is 14.3 Å². The molecule has 0 aliphatic carbocycles. The van der Waals surface area contributed by atoms with Crippen LogP contribution in [-0.4, -0.2) is 23.9 Å². The van der Waals surface area contributed by atoms with E-state index in [1.165, 1.54) is 14.0 Å². The molecule has 0 aliphatic heterocycles. The molecule has 1 unspecified atom stereocenters. The second kappa shape index (κ2) is 7.72. The van der Waals surface area contributed by atoms with E-state index in [1.54, 1.807) is 24.4 Å². The first-order valence-corrected chi connectivity index (χ1v) is 8.80. The molecule has 0 saturated heterocycles. The van der Waals surface area contributed by atoms with Crippen molar-refractivity contribution >= 4 is 40.0 Å². The van der Waals surface area contributed by atoms with Gasteiger partial charge >= 0.3 is 0 Å². The minimum absolute atomic E-state index is 0.143. The number of fused-ring (bicyclic) bond motifs is 1. The molecular formula is C20H20ClN3O3. The van der Waals surface area contributed by atoms with Gasteiger partial charge in [-0.1, -0.05) is 23.7 Å². The van der Waals surface area contributed by atoms with Gasteiger partial charge in [-0.2, -0.15) is 0 Å². The summed E-state index contributed by atoms with van der Waals surface area (Å²) in [6, 6.07) is 10.6. The van der Waals surface area contributed by atoms with E-state index < -0.39 is 0 Å². The molecule has 3 rings (SSSR count). The molecule has 0 spiro atoms. The molecular weight excluding hydrogens is 366 g/mol. The topological polar surface area (TPSA) is 83.2 Å². The quantitative estimate of drug-likeness (QED) is 0.613. The average Bonchev–Trinajstić information content (AvgIpc) is 3.03. The lowest BCUT2D eigenvalue weighted by Crippen LogP contribution is -2.26. The smallest absolute Gasteiger partial charge is 0.253 e. The number of amides is 2. The fourth-order valence-electron chi connectivity index (χ4n) is 2.91. The number of rotatable bonds is 5. The molecule has 7 heteroatoms. The number of ether oxygens (including phenoxy) is 1. The molecule has 0 bridgehead atoms. The van der Waals surface area contributed by atoms with Gasteiger partial charge in [-0.15, -0.1) is 0 Å². The highest BCUT2D eigenvalue weighted by Crippen LogP contribution is 2.31. The van der Waals surface area contributed by atoms with Crippen LogP contribution in [0.4, 0.5) is 5.69 Å². The maximum absolute atomic E-state index is 12.8. The lowest BCUT2D eigenvalue weighted by molar-refractivity contribution is -0.114. The van der Waals surface area contributed by atoms with Gasteiger partial charge in [-0.3, -0.25) is 9.59 Å². The van der Waals surface area contributed by atoms with Crippen LogP contribution < -0.4 is 15.4 Å². The highest BCUT2D eigenvalue weighted by molar-refractivity contribution is 6.33. The molecule has 0 fully saturated rings. The predicted octanol–water partition coefficient (Wildman–Crippen LogP) is 4.28. The van der Waals surface area contributed by atoms with E-state index in [2.05, 4.69) is 15.6 Å². The van der Waals surface area contributed by atoms with Crippen molar-refractivity contribution in [2.75, 3.05) is 12.4 Å².